The number of carbonyl (C=O) groups is 1. The molecule has 1 aromatic carbocycles. The fourth-order valence-corrected chi connectivity index (χ4v) is 2.87. The number of carboxylic acids is 1. The quantitative estimate of drug-likeness (QED) is 0.788. The van der Waals surface area contributed by atoms with E-state index in [4.69, 9.17) is 5.11 Å². The van der Waals surface area contributed by atoms with Gasteiger partial charge in [0.1, 0.15) is 0 Å². The second-order valence-electron chi connectivity index (χ2n) is 4.77. The van der Waals surface area contributed by atoms with Crippen molar-refractivity contribution < 1.29 is 9.90 Å². The highest BCUT2D eigenvalue weighted by molar-refractivity contribution is 5.69. The second-order valence-corrected chi connectivity index (χ2v) is 4.77. The topological polar surface area (TPSA) is 49.3 Å². The third kappa shape index (κ3) is 2.34. The summed E-state index contributed by atoms with van der Waals surface area (Å²) in [5.41, 5.74) is 2.07. The van der Waals surface area contributed by atoms with Crippen molar-refractivity contribution >= 4 is 5.97 Å². The lowest BCUT2D eigenvalue weighted by Gasteiger charge is -2.33. The molecule has 0 heterocycles. The molecule has 17 heavy (non-hydrogen) atoms. The first-order valence-corrected chi connectivity index (χ1v) is 6.17. The van der Waals surface area contributed by atoms with Crippen LogP contribution in [0.2, 0.25) is 0 Å². The maximum absolute atomic E-state index is 11.1. The molecule has 1 unspecified atom stereocenters. The molecular formula is C14H19NO2. The fourth-order valence-electron chi connectivity index (χ4n) is 2.87. The number of aryl methyl sites for hydroxylation is 1. The van der Waals surface area contributed by atoms with Crippen molar-refractivity contribution in [2.45, 2.75) is 37.6 Å². The molecule has 0 spiro atoms. The van der Waals surface area contributed by atoms with Crippen LogP contribution in [0.15, 0.2) is 24.3 Å². The predicted octanol–water partition coefficient (Wildman–Crippen LogP) is 2.30. The molecule has 0 bridgehead atoms. The number of carboxylic acid groups (broad SMARTS) is 1. The minimum Gasteiger partial charge on any atom is -0.481 e. The van der Waals surface area contributed by atoms with E-state index in [0.717, 1.165) is 25.7 Å². The van der Waals surface area contributed by atoms with Crippen molar-refractivity contribution in [3.05, 3.63) is 35.4 Å². The summed E-state index contributed by atoms with van der Waals surface area (Å²) >= 11 is 0. The highest BCUT2D eigenvalue weighted by Gasteiger charge is 2.35. The molecule has 0 radical (unpaired) electrons. The zero-order valence-electron chi connectivity index (χ0n) is 10.2. The van der Waals surface area contributed by atoms with Crippen LogP contribution in [0.3, 0.4) is 0 Å². The summed E-state index contributed by atoms with van der Waals surface area (Å²) < 4.78 is 0. The molecule has 0 amide bonds. The smallest absolute Gasteiger partial charge is 0.305 e. The lowest BCUT2D eigenvalue weighted by atomic mass is 9.82. The lowest BCUT2D eigenvalue weighted by molar-refractivity contribution is -0.139. The molecule has 3 heteroatoms. The molecule has 3 nitrogen and oxygen atoms in total. The van der Waals surface area contributed by atoms with Gasteiger partial charge in [0.2, 0.25) is 0 Å². The maximum atomic E-state index is 11.1. The fraction of sp³-hybridized carbons (Fsp3) is 0.500. The number of hydrogen-bond donors (Lipinski definition) is 2. The Balaban J connectivity index is 2.47. The number of aliphatic carboxylic acids is 1. The first kappa shape index (κ1) is 12.1. The predicted molar refractivity (Wildman–Crippen MR) is 67.0 cm³/mol. The highest BCUT2D eigenvalue weighted by atomic mass is 16.4. The van der Waals surface area contributed by atoms with Crippen LogP contribution in [0.1, 0.15) is 36.8 Å². The van der Waals surface area contributed by atoms with Crippen LogP contribution in [0, 0.1) is 0 Å². The number of hydrogen-bond acceptors (Lipinski definition) is 2. The number of nitrogens with one attached hydrogen (secondary N) is 1. The molecule has 1 aliphatic carbocycles. The van der Waals surface area contributed by atoms with Gasteiger partial charge < -0.3 is 10.4 Å². The molecule has 1 atom stereocenters. The third-order valence-corrected chi connectivity index (χ3v) is 3.76. The van der Waals surface area contributed by atoms with Crippen molar-refractivity contribution in [2.75, 3.05) is 7.05 Å². The van der Waals surface area contributed by atoms with E-state index in [1.54, 1.807) is 0 Å². The van der Waals surface area contributed by atoms with Crippen molar-refractivity contribution in [1.82, 2.24) is 5.32 Å². The van der Waals surface area contributed by atoms with Crippen molar-refractivity contribution in [3.63, 3.8) is 0 Å². The van der Waals surface area contributed by atoms with Gasteiger partial charge in [0.25, 0.3) is 0 Å². The van der Waals surface area contributed by atoms with Crippen LogP contribution in [0.25, 0.3) is 0 Å². The summed E-state index contributed by atoms with van der Waals surface area (Å²) in [4.78, 5) is 11.1. The van der Waals surface area contributed by atoms with Gasteiger partial charge in [-0.1, -0.05) is 30.7 Å². The van der Waals surface area contributed by atoms with Gasteiger partial charge in [0.15, 0.2) is 0 Å². The largest absolute Gasteiger partial charge is 0.481 e. The molecule has 0 aromatic heterocycles. The molecule has 0 fully saturated rings. The summed E-state index contributed by atoms with van der Waals surface area (Å²) in [6.45, 7) is 0. The Kier molecular flexibility index (Phi) is 3.48. The normalized spacial score (nSPS) is 23.8. The van der Waals surface area contributed by atoms with Crippen molar-refractivity contribution in [1.29, 1.82) is 0 Å². The Morgan fingerprint density at radius 2 is 2.18 bits per heavy atom. The van der Waals surface area contributed by atoms with E-state index in [9.17, 15) is 4.79 Å². The first-order chi connectivity index (χ1) is 8.18. The maximum Gasteiger partial charge on any atom is 0.305 e. The van der Waals surface area contributed by atoms with Gasteiger partial charge >= 0.3 is 5.97 Å². The van der Waals surface area contributed by atoms with E-state index < -0.39 is 5.97 Å². The molecular weight excluding hydrogens is 214 g/mol. The van der Waals surface area contributed by atoms with Crippen molar-refractivity contribution in [3.8, 4) is 0 Å². The zero-order chi connectivity index (χ0) is 12.3. The van der Waals surface area contributed by atoms with E-state index >= 15 is 0 Å². The highest BCUT2D eigenvalue weighted by Crippen LogP contribution is 2.36. The molecule has 2 N–H and O–H groups in total. The summed E-state index contributed by atoms with van der Waals surface area (Å²) in [6, 6.07) is 8.22. The average molecular weight is 233 g/mol. The van der Waals surface area contributed by atoms with Gasteiger partial charge in [-0.3, -0.25) is 4.79 Å². The van der Waals surface area contributed by atoms with Gasteiger partial charge in [-0.15, -0.1) is 0 Å². The first-order valence-electron chi connectivity index (χ1n) is 6.17. The van der Waals surface area contributed by atoms with Crippen LogP contribution in [0.4, 0.5) is 0 Å². The number of benzene rings is 1. The average Bonchev–Trinajstić information content (AvgIpc) is 2.50. The third-order valence-electron chi connectivity index (χ3n) is 3.76. The van der Waals surface area contributed by atoms with E-state index in [-0.39, 0.29) is 12.0 Å². The molecule has 0 saturated heterocycles. The van der Waals surface area contributed by atoms with E-state index in [0.29, 0.717) is 0 Å². The molecule has 0 aliphatic heterocycles. The van der Waals surface area contributed by atoms with Crippen LogP contribution in [0.5, 0.6) is 0 Å². The molecule has 1 aliphatic rings. The number of rotatable bonds is 3. The van der Waals surface area contributed by atoms with E-state index in [1.807, 2.05) is 19.2 Å². The Morgan fingerprint density at radius 3 is 2.88 bits per heavy atom. The molecule has 0 saturated carbocycles. The Labute approximate surface area is 102 Å². The summed E-state index contributed by atoms with van der Waals surface area (Å²) in [5, 5.41) is 12.4. The Hall–Kier alpha value is -1.35. The number of fused-ring (bicyclic) bond motifs is 1. The van der Waals surface area contributed by atoms with E-state index in [2.05, 4.69) is 17.4 Å². The Morgan fingerprint density at radius 1 is 1.41 bits per heavy atom. The summed E-state index contributed by atoms with van der Waals surface area (Å²) in [5.74, 6) is -0.740. The standard InChI is InChI=1S/C14H19NO2/c1-15-14(10-13(16)17)9-5-4-7-11-6-2-3-8-12(11)14/h2-3,6,8,15H,4-5,7,9-10H2,1H3,(H,16,17). The molecule has 92 valence electrons. The zero-order valence-corrected chi connectivity index (χ0v) is 10.2. The van der Waals surface area contributed by atoms with Gasteiger partial charge in [-0.25, -0.2) is 0 Å². The SMILES string of the molecule is CNC1(CC(=O)O)CCCCc2ccccc21. The monoisotopic (exact) mass is 233 g/mol. The van der Waals surface area contributed by atoms with Gasteiger partial charge in [-0.05, 0) is 37.4 Å². The minimum absolute atomic E-state index is 0.153. The van der Waals surface area contributed by atoms with Crippen LogP contribution >= 0.6 is 0 Å². The van der Waals surface area contributed by atoms with E-state index in [1.165, 1.54) is 11.1 Å². The summed E-state index contributed by atoms with van der Waals surface area (Å²) in [6.07, 6.45) is 4.31. The summed E-state index contributed by atoms with van der Waals surface area (Å²) in [7, 11) is 1.87. The van der Waals surface area contributed by atoms with Crippen LogP contribution < -0.4 is 5.32 Å². The Bertz CT molecular complexity index is 416. The van der Waals surface area contributed by atoms with Gasteiger partial charge in [0, 0.05) is 0 Å². The van der Waals surface area contributed by atoms with Gasteiger partial charge in [-0.2, -0.15) is 0 Å². The van der Waals surface area contributed by atoms with Crippen LogP contribution in [-0.4, -0.2) is 18.1 Å². The molecule has 2 rings (SSSR count). The molecule has 1 aromatic rings. The lowest BCUT2D eigenvalue weighted by Crippen LogP contribution is -2.42. The van der Waals surface area contributed by atoms with Gasteiger partial charge in [0.05, 0.1) is 12.0 Å². The minimum atomic E-state index is -0.740. The van der Waals surface area contributed by atoms with Crippen molar-refractivity contribution in [2.24, 2.45) is 0 Å². The van der Waals surface area contributed by atoms with Crippen LogP contribution in [-0.2, 0) is 16.8 Å². The second kappa shape index (κ2) is 4.88.